The van der Waals surface area contributed by atoms with Crippen LogP contribution in [0.25, 0.3) is 0 Å². The quantitative estimate of drug-likeness (QED) is 0.830. The van der Waals surface area contributed by atoms with Gasteiger partial charge >= 0.3 is 0 Å². The highest BCUT2D eigenvalue weighted by Gasteiger charge is 2.13. The fraction of sp³-hybridized carbons (Fsp3) is 0.375. The van der Waals surface area contributed by atoms with E-state index in [4.69, 9.17) is 10.2 Å². The molecular weight excluding hydrogens is 236 g/mol. The molecule has 2 N–H and O–H groups in total. The fourth-order valence-corrected chi connectivity index (χ4v) is 2.30. The lowest BCUT2D eigenvalue weighted by atomic mass is 10.0. The molecule has 1 heterocycles. The molecule has 19 heavy (non-hydrogen) atoms. The van der Waals surface area contributed by atoms with Crippen molar-refractivity contribution in [3.63, 3.8) is 0 Å². The van der Waals surface area contributed by atoms with Gasteiger partial charge in [0.05, 0.1) is 12.5 Å². The van der Waals surface area contributed by atoms with Gasteiger partial charge in [0.1, 0.15) is 0 Å². The molecule has 1 aromatic carbocycles. The van der Waals surface area contributed by atoms with Gasteiger partial charge in [0.2, 0.25) is 0 Å². The molecule has 1 atom stereocenters. The van der Waals surface area contributed by atoms with Crippen molar-refractivity contribution in [2.24, 2.45) is 5.73 Å². The van der Waals surface area contributed by atoms with Crippen molar-refractivity contribution >= 4 is 0 Å². The molecule has 0 aliphatic carbocycles. The lowest BCUT2D eigenvalue weighted by molar-refractivity contribution is 0.227. The van der Waals surface area contributed by atoms with Crippen molar-refractivity contribution in [1.29, 1.82) is 0 Å². The Balaban J connectivity index is 1.85. The summed E-state index contributed by atoms with van der Waals surface area (Å²) in [5.74, 6) is 0. The van der Waals surface area contributed by atoms with Gasteiger partial charge in [-0.15, -0.1) is 0 Å². The van der Waals surface area contributed by atoms with Gasteiger partial charge < -0.3 is 10.2 Å². The summed E-state index contributed by atoms with van der Waals surface area (Å²) in [6, 6.07) is 13.0. The van der Waals surface area contributed by atoms with Gasteiger partial charge in [0, 0.05) is 24.7 Å². The van der Waals surface area contributed by atoms with Crippen LogP contribution in [0.15, 0.2) is 53.3 Å². The Hall–Kier alpha value is -1.58. The zero-order valence-electron chi connectivity index (χ0n) is 11.5. The molecular formula is C16H22N2O. The van der Waals surface area contributed by atoms with Crippen LogP contribution in [0, 0.1) is 0 Å². The van der Waals surface area contributed by atoms with Gasteiger partial charge in [-0.05, 0) is 31.5 Å². The monoisotopic (exact) mass is 258 g/mol. The maximum absolute atomic E-state index is 5.90. The molecule has 0 bridgehead atoms. The number of furan rings is 1. The predicted octanol–water partition coefficient (Wildman–Crippen LogP) is 2.67. The van der Waals surface area contributed by atoms with E-state index < -0.39 is 0 Å². The van der Waals surface area contributed by atoms with Crippen molar-refractivity contribution in [3.05, 3.63) is 60.1 Å². The first-order chi connectivity index (χ1) is 9.29. The number of hydrogen-bond donors (Lipinski definition) is 1. The Morgan fingerprint density at radius 1 is 1.16 bits per heavy atom. The zero-order chi connectivity index (χ0) is 13.5. The Bertz CT molecular complexity index is 453. The van der Waals surface area contributed by atoms with E-state index in [9.17, 15) is 0 Å². The van der Waals surface area contributed by atoms with E-state index in [0.29, 0.717) is 12.6 Å². The topological polar surface area (TPSA) is 42.4 Å². The number of likely N-dealkylation sites (N-methyl/N-ethyl adjacent to an activating group) is 1. The standard InChI is InChI=1S/C16H22N2O/c1-18(12-15-9-10-19-13-15)16(11-17)8-7-14-5-3-2-4-6-14/h2-6,9-10,13,16H,7-8,11-12,17H2,1H3. The maximum Gasteiger partial charge on any atom is 0.0947 e. The lowest BCUT2D eigenvalue weighted by Crippen LogP contribution is -2.37. The van der Waals surface area contributed by atoms with Crippen LogP contribution in [0.2, 0.25) is 0 Å². The van der Waals surface area contributed by atoms with Crippen molar-refractivity contribution < 1.29 is 4.42 Å². The van der Waals surface area contributed by atoms with Gasteiger partial charge in [-0.3, -0.25) is 4.90 Å². The molecule has 0 aliphatic rings. The average molecular weight is 258 g/mol. The Kier molecular flexibility index (Phi) is 5.19. The summed E-state index contributed by atoms with van der Waals surface area (Å²) < 4.78 is 5.10. The molecule has 2 rings (SSSR count). The third-order valence-corrected chi connectivity index (χ3v) is 3.52. The summed E-state index contributed by atoms with van der Waals surface area (Å²) in [6.45, 7) is 1.56. The minimum absolute atomic E-state index is 0.398. The SMILES string of the molecule is CN(Cc1ccoc1)C(CN)CCc1ccccc1. The summed E-state index contributed by atoms with van der Waals surface area (Å²) in [5.41, 5.74) is 8.47. The first-order valence-electron chi connectivity index (χ1n) is 6.75. The molecule has 2 aromatic rings. The van der Waals surface area contributed by atoms with Crippen LogP contribution in [0.1, 0.15) is 17.5 Å². The average Bonchev–Trinajstić information content (AvgIpc) is 2.93. The summed E-state index contributed by atoms with van der Waals surface area (Å²) >= 11 is 0. The number of benzene rings is 1. The third-order valence-electron chi connectivity index (χ3n) is 3.52. The van der Waals surface area contributed by atoms with Crippen molar-refractivity contribution in [2.45, 2.75) is 25.4 Å². The Labute approximate surface area is 115 Å². The van der Waals surface area contributed by atoms with Crippen molar-refractivity contribution in [1.82, 2.24) is 4.90 Å². The van der Waals surface area contributed by atoms with Crippen LogP contribution < -0.4 is 5.73 Å². The highest BCUT2D eigenvalue weighted by Crippen LogP contribution is 2.12. The van der Waals surface area contributed by atoms with E-state index >= 15 is 0 Å². The first kappa shape index (κ1) is 13.8. The summed E-state index contributed by atoms with van der Waals surface area (Å²) in [4.78, 5) is 2.30. The second-order valence-corrected chi connectivity index (χ2v) is 4.96. The number of nitrogens with two attached hydrogens (primary N) is 1. The molecule has 0 fully saturated rings. The predicted molar refractivity (Wildman–Crippen MR) is 77.8 cm³/mol. The van der Waals surface area contributed by atoms with Crippen molar-refractivity contribution in [2.75, 3.05) is 13.6 Å². The highest BCUT2D eigenvalue weighted by molar-refractivity contribution is 5.15. The molecule has 0 amide bonds. The van der Waals surface area contributed by atoms with Gasteiger partial charge in [0.25, 0.3) is 0 Å². The zero-order valence-corrected chi connectivity index (χ0v) is 11.5. The van der Waals surface area contributed by atoms with E-state index in [1.807, 2.05) is 6.07 Å². The molecule has 3 nitrogen and oxygen atoms in total. The van der Waals surface area contributed by atoms with Gasteiger partial charge in [-0.2, -0.15) is 0 Å². The molecule has 0 radical (unpaired) electrons. The number of nitrogens with zero attached hydrogens (tertiary/aromatic N) is 1. The molecule has 102 valence electrons. The number of aryl methyl sites for hydroxylation is 1. The molecule has 0 aliphatic heterocycles. The molecule has 0 spiro atoms. The van der Waals surface area contributed by atoms with E-state index in [-0.39, 0.29) is 0 Å². The minimum atomic E-state index is 0.398. The van der Waals surface area contributed by atoms with E-state index in [1.165, 1.54) is 11.1 Å². The molecule has 0 saturated heterocycles. The molecule has 1 unspecified atom stereocenters. The van der Waals surface area contributed by atoms with Crippen LogP contribution >= 0.6 is 0 Å². The smallest absolute Gasteiger partial charge is 0.0947 e. The second-order valence-electron chi connectivity index (χ2n) is 4.96. The highest BCUT2D eigenvalue weighted by atomic mass is 16.3. The van der Waals surface area contributed by atoms with Crippen molar-refractivity contribution in [3.8, 4) is 0 Å². The van der Waals surface area contributed by atoms with Gasteiger partial charge in [-0.1, -0.05) is 30.3 Å². The molecule has 1 aromatic heterocycles. The van der Waals surface area contributed by atoms with E-state index in [0.717, 1.165) is 19.4 Å². The summed E-state index contributed by atoms with van der Waals surface area (Å²) in [7, 11) is 2.12. The van der Waals surface area contributed by atoms with Crippen LogP contribution in [-0.4, -0.2) is 24.5 Å². The normalized spacial score (nSPS) is 12.8. The lowest BCUT2D eigenvalue weighted by Gasteiger charge is -2.26. The first-order valence-corrected chi connectivity index (χ1v) is 6.75. The fourth-order valence-electron chi connectivity index (χ4n) is 2.30. The third kappa shape index (κ3) is 4.23. The van der Waals surface area contributed by atoms with E-state index in [1.54, 1.807) is 12.5 Å². The molecule has 3 heteroatoms. The van der Waals surface area contributed by atoms with Crippen LogP contribution in [-0.2, 0) is 13.0 Å². The minimum Gasteiger partial charge on any atom is -0.472 e. The second kappa shape index (κ2) is 7.12. The maximum atomic E-state index is 5.90. The van der Waals surface area contributed by atoms with Crippen LogP contribution in [0.3, 0.4) is 0 Å². The van der Waals surface area contributed by atoms with Gasteiger partial charge in [0.15, 0.2) is 0 Å². The van der Waals surface area contributed by atoms with Crippen LogP contribution in [0.4, 0.5) is 0 Å². The van der Waals surface area contributed by atoms with Gasteiger partial charge in [-0.25, -0.2) is 0 Å². The largest absolute Gasteiger partial charge is 0.472 e. The number of rotatable bonds is 7. The van der Waals surface area contributed by atoms with Crippen LogP contribution in [0.5, 0.6) is 0 Å². The Morgan fingerprint density at radius 2 is 1.95 bits per heavy atom. The number of hydrogen-bond acceptors (Lipinski definition) is 3. The van der Waals surface area contributed by atoms with E-state index in [2.05, 4.69) is 42.3 Å². The Morgan fingerprint density at radius 3 is 2.58 bits per heavy atom. The molecule has 0 saturated carbocycles. The summed E-state index contributed by atoms with van der Waals surface area (Å²) in [6.07, 6.45) is 5.65. The summed E-state index contributed by atoms with van der Waals surface area (Å²) in [5, 5.41) is 0.